The summed E-state index contributed by atoms with van der Waals surface area (Å²) in [5.74, 6) is -0.465. The molecule has 3 rings (SSSR count). The van der Waals surface area contributed by atoms with Gasteiger partial charge in [-0.15, -0.1) is 11.3 Å². The molecule has 0 saturated carbocycles. The Bertz CT molecular complexity index is 870. The summed E-state index contributed by atoms with van der Waals surface area (Å²) in [4.78, 5) is 25.8. The van der Waals surface area contributed by atoms with E-state index in [0.29, 0.717) is 16.5 Å². The van der Waals surface area contributed by atoms with Gasteiger partial charge in [-0.05, 0) is 54.5 Å². The van der Waals surface area contributed by atoms with Gasteiger partial charge in [0.25, 0.3) is 0 Å². The van der Waals surface area contributed by atoms with E-state index in [0.717, 1.165) is 41.7 Å². The lowest BCUT2D eigenvalue weighted by atomic mass is 9.86. The number of hydrogen-bond acceptors (Lipinski definition) is 4. The van der Waals surface area contributed by atoms with Gasteiger partial charge in [-0.2, -0.15) is 0 Å². The predicted molar refractivity (Wildman–Crippen MR) is 106 cm³/mol. The highest BCUT2D eigenvalue weighted by molar-refractivity contribution is 7.17. The zero-order valence-electron chi connectivity index (χ0n) is 15.4. The maximum absolute atomic E-state index is 12.9. The van der Waals surface area contributed by atoms with Crippen LogP contribution in [0.3, 0.4) is 0 Å². The molecule has 27 heavy (non-hydrogen) atoms. The average Bonchev–Trinajstić information content (AvgIpc) is 3.03. The molecule has 1 aromatic carbocycles. The minimum Gasteiger partial charge on any atom is -0.465 e. The number of fused-ring (bicyclic) bond motifs is 1. The van der Waals surface area contributed by atoms with Crippen molar-refractivity contribution in [2.75, 3.05) is 12.4 Å². The van der Waals surface area contributed by atoms with E-state index in [1.165, 1.54) is 36.7 Å². The Morgan fingerprint density at radius 3 is 2.74 bits per heavy atom. The average molecular weight is 387 g/mol. The van der Waals surface area contributed by atoms with E-state index in [4.69, 9.17) is 4.74 Å². The van der Waals surface area contributed by atoms with E-state index >= 15 is 0 Å². The van der Waals surface area contributed by atoms with Gasteiger partial charge in [-0.25, -0.2) is 9.18 Å². The fourth-order valence-corrected chi connectivity index (χ4v) is 4.66. The summed E-state index contributed by atoms with van der Waals surface area (Å²) in [6, 6.07) is 5.86. The van der Waals surface area contributed by atoms with Crippen LogP contribution in [0.25, 0.3) is 6.08 Å². The molecule has 0 spiro atoms. The molecule has 0 bridgehead atoms. The van der Waals surface area contributed by atoms with E-state index in [1.54, 1.807) is 18.2 Å². The van der Waals surface area contributed by atoms with Gasteiger partial charge >= 0.3 is 5.97 Å². The summed E-state index contributed by atoms with van der Waals surface area (Å²) in [5, 5.41) is 3.35. The van der Waals surface area contributed by atoms with Gasteiger partial charge in [0, 0.05) is 11.0 Å². The largest absolute Gasteiger partial charge is 0.465 e. The molecule has 1 amide bonds. The lowest BCUT2D eigenvalue weighted by Gasteiger charge is -2.20. The zero-order chi connectivity index (χ0) is 19.4. The number of carbonyl (C=O) groups excluding carboxylic acids is 2. The van der Waals surface area contributed by atoms with Crippen molar-refractivity contribution < 1.29 is 18.7 Å². The molecule has 0 radical (unpaired) electrons. The van der Waals surface area contributed by atoms with Crippen LogP contribution in [-0.2, 0) is 22.4 Å². The highest BCUT2D eigenvalue weighted by atomic mass is 32.1. The van der Waals surface area contributed by atoms with Gasteiger partial charge < -0.3 is 10.1 Å². The normalized spacial score (nSPS) is 16.2. The molecule has 0 fully saturated rings. The van der Waals surface area contributed by atoms with Crippen LogP contribution in [0.15, 0.2) is 30.3 Å². The number of ether oxygens (including phenoxy) is 1. The van der Waals surface area contributed by atoms with Crippen molar-refractivity contribution in [2.45, 2.75) is 32.6 Å². The van der Waals surface area contributed by atoms with Crippen LogP contribution < -0.4 is 5.32 Å². The van der Waals surface area contributed by atoms with Gasteiger partial charge in [-0.1, -0.05) is 25.5 Å². The Morgan fingerprint density at radius 2 is 2.07 bits per heavy atom. The van der Waals surface area contributed by atoms with Crippen LogP contribution in [0.1, 0.15) is 46.1 Å². The Hall–Kier alpha value is -2.47. The van der Waals surface area contributed by atoms with Crippen molar-refractivity contribution in [1.29, 1.82) is 0 Å². The van der Waals surface area contributed by atoms with E-state index in [-0.39, 0.29) is 11.7 Å². The number of methoxy groups -OCH3 is 1. The number of thiophene rings is 1. The molecular weight excluding hydrogens is 365 g/mol. The summed E-state index contributed by atoms with van der Waals surface area (Å²) in [7, 11) is 1.35. The number of amides is 1. The summed E-state index contributed by atoms with van der Waals surface area (Å²) in [6.45, 7) is 2.17. The van der Waals surface area contributed by atoms with E-state index < -0.39 is 5.97 Å². The minimum atomic E-state index is -0.416. The van der Waals surface area contributed by atoms with Gasteiger partial charge in [0.2, 0.25) is 5.91 Å². The van der Waals surface area contributed by atoms with Crippen LogP contribution in [-0.4, -0.2) is 19.0 Å². The second-order valence-corrected chi connectivity index (χ2v) is 7.70. The highest BCUT2D eigenvalue weighted by Crippen LogP contribution is 2.40. The first-order valence-electron chi connectivity index (χ1n) is 8.99. The SMILES string of the molecule is CC[C@H]1CCc2c(sc(NC(=O)/C=C/c3ccc(F)cc3)c2C(=O)OC)C1. The molecule has 4 nitrogen and oxygen atoms in total. The third-order valence-electron chi connectivity index (χ3n) is 4.87. The van der Waals surface area contributed by atoms with Gasteiger partial charge in [0.15, 0.2) is 0 Å². The topological polar surface area (TPSA) is 55.4 Å². The summed E-state index contributed by atoms with van der Waals surface area (Å²) in [5.41, 5.74) is 2.21. The minimum absolute atomic E-state index is 0.325. The van der Waals surface area contributed by atoms with Crippen LogP contribution in [0.2, 0.25) is 0 Å². The quantitative estimate of drug-likeness (QED) is 0.590. The Labute approximate surface area is 162 Å². The Kier molecular flexibility index (Phi) is 6.06. The van der Waals surface area contributed by atoms with Crippen molar-refractivity contribution in [1.82, 2.24) is 0 Å². The van der Waals surface area contributed by atoms with Gasteiger partial charge in [-0.3, -0.25) is 4.79 Å². The number of nitrogens with one attached hydrogen (secondary N) is 1. The van der Waals surface area contributed by atoms with E-state index in [9.17, 15) is 14.0 Å². The van der Waals surface area contributed by atoms with Crippen LogP contribution in [0.4, 0.5) is 9.39 Å². The van der Waals surface area contributed by atoms with Gasteiger partial charge in [0.1, 0.15) is 10.8 Å². The smallest absolute Gasteiger partial charge is 0.341 e. The van der Waals surface area contributed by atoms with Crippen LogP contribution in [0.5, 0.6) is 0 Å². The summed E-state index contributed by atoms with van der Waals surface area (Å²) in [6.07, 6.45) is 6.89. The second-order valence-electron chi connectivity index (χ2n) is 6.59. The van der Waals surface area contributed by atoms with Gasteiger partial charge in [0.05, 0.1) is 12.7 Å². The standard InChI is InChI=1S/C21H22FNO3S/c1-3-13-6-10-16-17(12-13)27-20(19(16)21(25)26-2)23-18(24)11-7-14-4-8-15(22)9-5-14/h4-5,7-9,11,13H,3,6,10,12H2,1-2H3,(H,23,24)/b11-7+/t13-/m0/s1. The number of anilines is 1. The van der Waals surface area contributed by atoms with E-state index in [1.807, 2.05) is 0 Å². The van der Waals surface area contributed by atoms with Crippen molar-refractivity contribution in [3.63, 3.8) is 0 Å². The number of hydrogen-bond donors (Lipinski definition) is 1. The molecule has 0 aliphatic heterocycles. The van der Waals surface area contributed by atoms with Crippen LogP contribution in [0, 0.1) is 11.7 Å². The maximum atomic E-state index is 12.9. The second kappa shape index (κ2) is 8.48. The molecule has 1 aliphatic carbocycles. The van der Waals surface area contributed by atoms with Crippen molar-refractivity contribution >= 4 is 34.3 Å². The molecule has 1 heterocycles. The Morgan fingerprint density at radius 1 is 1.33 bits per heavy atom. The summed E-state index contributed by atoms with van der Waals surface area (Å²) >= 11 is 1.46. The van der Waals surface area contributed by atoms with Crippen LogP contribution >= 0.6 is 11.3 Å². The van der Waals surface area contributed by atoms with Crippen molar-refractivity contribution in [3.8, 4) is 0 Å². The first-order chi connectivity index (χ1) is 13.0. The molecule has 0 unspecified atom stereocenters. The number of halogens is 1. The molecule has 1 atom stereocenters. The van der Waals surface area contributed by atoms with Crippen molar-refractivity contribution in [2.24, 2.45) is 5.92 Å². The number of rotatable bonds is 5. The molecular formula is C21H22FNO3S. The lowest BCUT2D eigenvalue weighted by molar-refractivity contribution is -0.111. The molecule has 6 heteroatoms. The number of esters is 1. The first-order valence-corrected chi connectivity index (χ1v) is 9.81. The molecule has 142 valence electrons. The molecule has 1 aliphatic rings. The third-order valence-corrected chi connectivity index (χ3v) is 6.04. The highest BCUT2D eigenvalue weighted by Gasteiger charge is 2.29. The molecule has 1 N–H and O–H groups in total. The number of benzene rings is 1. The Balaban J connectivity index is 1.81. The maximum Gasteiger partial charge on any atom is 0.341 e. The predicted octanol–water partition coefficient (Wildman–Crippen LogP) is 4.84. The molecule has 1 aromatic heterocycles. The zero-order valence-corrected chi connectivity index (χ0v) is 16.2. The molecule has 2 aromatic rings. The monoisotopic (exact) mass is 387 g/mol. The summed E-state index contributed by atoms with van der Waals surface area (Å²) < 4.78 is 17.9. The fraction of sp³-hybridized carbons (Fsp3) is 0.333. The lowest BCUT2D eigenvalue weighted by Crippen LogP contribution is -2.15. The fourth-order valence-electron chi connectivity index (χ4n) is 3.31. The molecule has 0 saturated heterocycles. The first kappa shape index (κ1) is 19.3. The van der Waals surface area contributed by atoms with E-state index in [2.05, 4.69) is 12.2 Å². The third kappa shape index (κ3) is 4.45. The van der Waals surface area contributed by atoms with Crippen molar-refractivity contribution in [3.05, 3.63) is 57.7 Å². The number of carbonyl (C=O) groups is 2.